The molecule has 12 nitrogen and oxygen atoms in total. The first kappa shape index (κ1) is 40.1. The van der Waals surface area contributed by atoms with Crippen molar-refractivity contribution in [3.63, 3.8) is 0 Å². The third-order valence-electron chi connectivity index (χ3n) is 6.93. The van der Waals surface area contributed by atoms with Gasteiger partial charge in [-0.2, -0.15) is 0 Å². The number of thioether (sulfide) groups is 2. The van der Waals surface area contributed by atoms with E-state index >= 15 is 0 Å². The van der Waals surface area contributed by atoms with Crippen LogP contribution in [0.4, 0.5) is 9.59 Å². The SMILES string of the molecule is COc1cccc(C(=O)CBr)c1.COc1cccc(C(=O)COc2ccc(/C=C3\SC(=O)NC3=O)cc2)c1.O=C1NC(=O)/C(=C/c2ccc(O)cc2)S1. The van der Waals surface area contributed by atoms with E-state index in [1.807, 2.05) is 6.07 Å². The second-order valence-corrected chi connectivity index (χ2v) is 13.2. The maximum Gasteiger partial charge on any atom is 0.290 e. The van der Waals surface area contributed by atoms with Gasteiger partial charge in [0, 0.05) is 11.1 Å². The lowest BCUT2D eigenvalue weighted by Crippen LogP contribution is -2.17. The normalized spacial score (nSPS) is 14.7. The zero-order valence-electron chi connectivity index (χ0n) is 28.1. The van der Waals surface area contributed by atoms with Gasteiger partial charge in [0.05, 0.1) is 29.4 Å². The number of phenols is 1. The van der Waals surface area contributed by atoms with Crippen LogP contribution in [0.25, 0.3) is 12.2 Å². The minimum absolute atomic E-state index is 0.0638. The lowest BCUT2D eigenvalue weighted by Gasteiger charge is -2.07. The Morgan fingerprint density at radius 2 is 1.11 bits per heavy atom. The van der Waals surface area contributed by atoms with Crippen LogP contribution in [-0.4, -0.2) is 65.1 Å². The molecule has 0 atom stereocenters. The molecule has 4 aromatic carbocycles. The summed E-state index contributed by atoms with van der Waals surface area (Å²) >= 11 is 4.84. The van der Waals surface area contributed by atoms with Crippen LogP contribution in [0.3, 0.4) is 0 Å². The number of ether oxygens (including phenoxy) is 3. The molecular formula is C38H31BrN2O10S2. The fourth-order valence-corrected chi connectivity index (χ4v) is 5.97. The molecular weight excluding hydrogens is 788 g/mol. The molecule has 2 heterocycles. The van der Waals surface area contributed by atoms with Gasteiger partial charge in [-0.1, -0.05) is 64.5 Å². The minimum atomic E-state index is -0.399. The first-order valence-corrected chi connectivity index (χ1v) is 18.2. The van der Waals surface area contributed by atoms with Crippen molar-refractivity contribution < 1.29 is 48.1 Å². The number of phenolic OH excluding ortho intramolecular Hbond substituents is 1. The molecule has 0 aliphatic carbocycles. The molecule has 4 amide bonds. The van der Waals surface area contributed by atoms with Crippen molar-refractivity contribution in [3.8, 4) is 23.0 Å². The van der Waals surface area contributed by atoms with E-state index in [2.05, 4.69) is 26.6 Å². The van der Waals surface area contributed by atoms with Gasteiger partial charge in [-0.3, -0.25) is 39.4 Å². The highest BCUT2D eigenvalue weighted by atomic mass is 79.9. The quantitative estimate of drug-likeness (QED) is 0.0831. The molecule has 0 aromatic heterocycles. The van der Waals surface area contributed by atoms with Crippen LogP contribution in [0.2, 0.25) is 0 Å². The Morgan fingerprint density at radius 1 is 0.660 bits per heavy atom. The second kappa shape index (κ2) is 19.8. The highest BCUT2D eigenvalue weighted by molar-refractivity contribution is 9.09. The van der Waals surface area contributed by atoms with E-state index in [1.165, 1.54) is 12.1 Å². The zero-order chi connectivity index (χ0) is 38.3. The molecule has 4 aromatic rings. The Labute approximate surface area is 321 Å². The average molecular weight is 820 g/mol. The monoisotopic (exact) mass is 818 g/mol. The van der Waals surface area contributed by atoms with Gasteiger partial charge in [0.25, 0.3) is 22.3 Å². The Kier molecular flexibility index (Phi) is 15.0. The molecule has 53 heavy (non-hydrogen) atoms. The van der Waals surface area contributed by atoms with Crippen molar-refractivity contribution in [2.24, 2.45) is 0 Å². The number of nitrogens with one attached hydrogen (secondary N) is 2. The fraction of sp³-hybridized carbons (Fsp3) is 0.105. The number of hydrogen-bond donors (Lipinski definition) is 3. The van der Waals surface area contributed by atoms with Gasteiger partial charge in [0.15, 0.2) is 18.2 Å². The first-order chi connectivity index (χ1) is 25.5. The predicted octanol–water partition coefficient (Wildman–Crippen LogP) is 7.27. The number of amides is 4. The third kappa shape index (κ3) is 12.5. The van der Waals surface area contributed by atoms with Crippen LogP contribution in [0.1, 0.15) is 31.8 Å². The Balaban J connectivity index is 0.000000196. The molecule has 0 unspecified atom stereocenters. The number of carbonyl (C=O) groups excluding carboxylic acids is 6. The number of Topliss-reactive ketones (excluding diaryl/α,β-unsaturated/α-hetero) is 2. The summed E-state index contributed by atoms with van der Waals surface area (Å²) in [6.07, 6.45) is 3.22. The number of hydrogen-bond acceptors (Lipinski definition) is 12. The number of rotatable bonds is 10. The molecule has 2 fully saturated rings. The van der Waals surface area contributed by atoms with E-state index in [0.29, 0.717) is 43.5 Å². The van der Waals surface area contributed by atoms with Crippen molar-refractivity contribution in [1.82, 2.24) is 10.6 Å². The smallest absolute Gasteiger partial charge is 0.290 e. The van der Waals surface area contributed by atoms with Crippen LogP contribution in [0, 0.1) is 0 Å². The van der Waals surface area contributed by atoms with Gasteiger partial charge < -0.3 is 19.3 Å². The summed E-state index contributed by atoms with van der Waals surface area (Å²) < 4.78 is 15.6. The summed E-state index contributed by atoms with van der Waals surface area (Å²) in [5.74, 6) is 1.14. The summed E-state index contributed by atoms with van der Waals surface area (Å²) in [5.41, 5.74) is 2.70. The molecule has 15 heteroatoms. The number of aromatic hydroxyl groups is 1. The van der Waals surface area contributed by atoms with E-state index in [1.54, 1.807) is 105 Å². The lowest BCUT2D eigenvalue weighted by atomic mass is 10.1. The second-order valence-electron chi connectivity index (χ2n) is 10.6. The van der Waals surface area contributed by atoms with Gasteiger partial charge >= 0.3 is 0 Å². The topological polar surface area (TPSA) is 174 Å². The number of alkyl halides is 1. The predicted molar refractivity (Wildman–Crippen MR) is 207 cm³/mol. The summed E-state index contributed by atoms with van der Waals surface area (Å²) in [5, 5.41) is 13.0. The maximum atomic E-state index is 12.2. The fourth-order valence-electron chi connectivity index (χ4n) is 4.28. The van der Waals surface area contributed by atoms with Crippen molar-refractivity contribution in [1.29, 1.82) is 0 Å². The third-order valence-corrected chi connectivity index (χ3v) is 9.06. The Bertz CT molecular complexity index is 2070. The van der Waals surface area contributed by atoms with Crippen molar-refractivity contribution >= 4 is 85.5 Å². The number of methoxy groups -OCH3 is 2. The molecule has 0 bridgehead atoms. The van der Waals surface area contributed by atoms with Gasteiger partial charge in [-0.25, -0.2) is 0 Å². The minimum Gasteiger partial charge on any atom is -0.508 e. The summed E-state index contributed by atoms with van der Waals surface area (Å²) in [6.45, 7) is -0.0969. The van der Waals surface area contributed by atoms with Gasteiger partial charge in [-0.15, -0.1) is 0 Å². The van der Waals surface area contributed by atoms with E-state index in [-0.39, 0.29) is 40.3 Å². The van der Waals surface area contributed by atoms with Crippen LogP contribution in [0.5, 0.6) is 23.0 Å². The Hall–Kier alpha value is -5.64. The molecule has 272 valence electrons. The maximum absolute atomic E-state index is 12.2. The number of imide groups is 2. The van der Waals surface area contributed by atoms with Crippen LogP contribution >= 0.6 is 39.5 Å². The Morgan fingerprint density at radius 3 is 1.53 bits per heavy atom. The van der Waals surface area contributed by atoms with Crippen LogP contribution in [0.15, 0.2) is 107 Å². The van der Waals surface area contributed by atoms with Crippen molar-refractivity contribution in [3.05, 3.63) is 129 Å². The van der Waals surface area contributed by atoms with E-state index in [9.17, 15) is 28.8 Å². The molecule has 2 aliphatic rings. The van der Waals surface area contributed by atoms with Crippen LogP contribution in [-0.2, 0) is 9.59 Å². The van der Waals surface area contributed by atoms with Crippen molar-refractivity contribution in [2.45, 2.75) is 0 Å². The van der Waals surface area contributed by atoms with E-state index in [0.717, 1.165) is 34.7 Å². The standard InChI is InChI=1S/C19H15NO5S.C10H7NO3S.C9H9BrO2/c1-24-15-4-2-3-13(10-15)16(21)11-25-14-7-5-12(6-8-14)9-17-18(22)20-19(23)26-17;12-7-3-1-6(2-4-7)5-8-9(13)11-10(14)15-8;1-12-8-4-2-3-7(5-8)9(11)6-10/h2-10H,11H2,1H3,(H,20,22,23);1-5,12H,(H,11,13,14);2-5H,6H2,1H3/b17-9-;8-5-;. The van der Waals surface area contributed by atoms with Gasteiger partial charge in [0.2, 0.25) is 0 Å². The highest BCUT2D eigenvalue weighted by Gasteiger charge is 2.25. The van der Waals surface area contributed by atoms with Crippen molar-refractivity contribution in [2.75, 3.05) is 26.2 Å². The van der Waals surface area contributed by atoms with E-state index in [4.69, 9.17) is 19.3 Å². The highest BCUT2D eigenvalue weighted by Crippen LogP contribution is 2.27. The zero-order valence-corrected chi connectivity index (χ0v) is 31.3. The molecule has 2 saturated heterocycles. The lowest BCUT2D eigenvalue weighted by molar-refractivity contribution is -0.116. The summed E-state index contributed by atoms with van der Waals surface area (Å²) in [4.78, 5) is 68.8. The van der Waals surface area contributed by atoms with Gasteiger partial charge in [-0.05, 0) is 95.3 Å². The summed E-state index contributed by atoms with van der Waals surface area (Å²) in [7, 11) is 3.12. The largest absolute Gasteiger partial charge is 0.508 e. The van der Waals surface area contributed by atoms with Crippen LogP contribution < -0.4 is 24.8 Å². The molecule has 3 N–H and O–H groups in total. The first-order valence-electron chi connectivity index (χ1n) is 15.4. The molecule has 6 rings (SSSR count). The molecule has 0 spiro atoms. The van der Waals surface area contributed by atoms with E-state index < -0.39 is 5.91 Å². The number of ketones is 2. The average Bonchev–Trinajstić information content (AvgIpc) is 3.67. The molecule has 2 aliphatic heterocycles. The molecule has 0 saturated carbocycles. The van der Waals surface area contributed by atoms with Gasteiger partial charge in [0.1, 0.15) is 23.0 Å². The number of carbonyl (C=O) groups is 6. The number of benzene rings is 4. The number of halogens is 1. The summed E-state index contributed by atoms with van der Waals surface area (Å²) in [6, 6.07) is 27.2. The molecule has 0 radical (unpaired) electrons.